The number of nitrogens with one attached hydrogen (secondary N) is 1. The number of rotatable bonds is 5. The number of nitrogens with two attached hydrogens (primary N) is 1. The van der Waals surface area contributed by atoms with Crippen LogP contribution in [0.2, 0.25) is 0 Å². The molecule has 1 aliphatic rings. The van der Waals surface area contributed by atoms with Gasteiger partial charge in [-0.25, -0.2) is 0 Å². The van der Waals surface area contributed by atoms with Crippen LogP contribution in [0.5, 0.6) is 0 Å². The summed E-state index contributed by atoms with van der Waals surface area (Å²) in [5.74, 6) is 0.765. The van der Waals surface area contributed by atoms with Gasteiger partial charge in [-0.1, -0.05) is 43.5 Å². The molecule has 0 bridgehead atoms. The number of carbonyl (C=O) groups excluding carboxylic acids is 1. The van der Waals surface area contributed by atoms with Gasteiger partial charge in [0.15, 0.2) is 0 Å². The molecular weight excluding hydrogens is 248 g/mol. The summed E-state index contributed by atoms with van der Waals surface area (Å²) in [4.78, 5) is 12.2. The smallest absolute Gasteiger partial charge is 0.224 e. The van der Waals surface area contributed by atoms with Crippen molar-refractivity contribution in [3.8, 4) is 0 Å². The van der Waals surface area contributed by atoms with Gasteiger partial charge in [-0.15, -0.1) is 0 Å². The zero-order valence-electron chi connectivity index (χ0n) is 12.4. The fourth-order valence-electron chi connectivity index (χ4n) is 3.16. The Bertz CT molecular complexity index is 438. The number of amides is 1. The predicted octanol–water partition coefficient (Wildman–Crippen LogP) is 2.77. The molecule has 0 aromatic heterocycles. The molecule has 110 valence electrons. The van der Waals surface area contributed by atoms with E-state index < -0.39 is 0 Å². The molecule has 0 aliphatic heterocycles. The van der Waals surface area contributed by atoms with E-state index in [1.807, 2.05) is 24.3 Å². The zero-order valence-corrected chi connectivity index (χ0v) is 12.4. The SMILES string of the molecule is CC(NC(=O)Cc1ccccc1CN)C1CCCCC1. The molecule has 0 heterocycles. The molecule has 3 heteroatoms. The maximum Gasteiger partial charge on any atom is 0.224 e. The summed E-state index contributed by atoms with van der Waals surface area (Å²) in [6.07, 6.45) is 6.90. The Kier molecular flexibility index (Phi) is 5.60. The average molecular weight is 274 g/mol. The number of benzene rings is 1. The van der Waals surface area contributed by atoms with Gasteiger partial charge in [0.1, 0.15) is 0 Å². The quantitative estimate of drug-likeness (QED) is 0.867. The van der Waals surface area contributed by atoms with Crippen molar-refractivity contribution in [2.45, 2.75) is 58.0 Å². The van der Waals surface area contributed by atoms with E-state index in [2.05, 4.69) is 12.2 Å². The lowest BCUT2D eigenvalue weighted by Gasteiger charge is -2.28. The molecule has 1 amide bonds. The molecule has 1 aliphatic carbocycles. The van der Waals surface area contributed by atoms with E-state index in [-0.39, 0.29) is 11.9 Å². The zero-order chi connectivity index (χ0) is 14.4. The molecule has 1 unspecified atom stereocenters. The largest absolute Gasteiger partial charge is 0.353 e. The Balaban J connectivity index is 1.88. The summed E-state index contributed by atoms with van der Waals surface area (Å²) in [5, 5.41) is 3.17. The monoisotopic (exact) mass is 274 g/mol. The lowest BCUT2D eigenvalue weighted by molar-refractivity contribution is -0.121. The molecule has 20 heavy (non-hydrogen) atoms. The van der Waals surface area contributed by atoms with Crippen LogP contribution in [0.4, 0.5) is 0 Å². The molecule has 1 fully saturated rings. The summed E-state index contributed by atoms with van der Waals surface area (Å²) < 4.78 is 0. The van der Waals surface area contributed by atoms with E-state index in [9.17, 15) is 4.79 Å². The first-order chi connectivity index (χ1) is 9.70. The van der Waals surface area contributed by atoms with E-state index in [1.54, 1.807) is 0 Å². The fraction of sp³-hybridized carbons (Fsp3) is 0.588. The Labute approximate surface area is 121 Å². The molecule has 1 aromatic rings. The minimum Gasteiger partial charge on any atom is -0.353 e. The van der Waals surface area contributed by atoms with Crippen molar-refractivity contribution in [1.29, 1.82) is 0 Å². The molecule has 0 saturated heterocycles. The molecule has 1 atom stereocenters. The second-order valence-corrected chi connectivity index (χ2v) is 5.90. The van der Waals surface area contributed by atoms with E-state index in [1.165, 1.54) is 32.1 Å². The third-order valence-electron chi connectivity index (χ3n) is 4.43. The summed E-state index contributed by atoms with van der Waals surface area (Å²) >= 11 is 0. The minimum atomic E-state index is 0.115. The van der Waals surface area contributed by atoms with Crippen molar-refractivity contribution in [3.05, 3.63) is 35.4 Å². The lowest BCUT2D eigenvalue weighted by atomic mass is 9.84. The maximum absolute atomic E-state index is 12.2. The van der Waals surface area contributed by atoms with Crippen LogP contribution in [0.3, 0.4) is 0 Å². The van der Waals surface area contributed by atoms with Crippen LogP contribution in [-0.4, -0.2) is 11.9 Å². The van der Waals surface area contributed by atoms with Gasteiger partial charge in [-0.05, 0) is 36.8 Å². The van der Waals surface area contributed by atoms with Gasteiger partial charge in [-0.2, -0.15) is 0 Å². The normalized spacial score (nSPS) is 17.7. The van der Waals surface area contributed by atoms with Gasteiger partial charge < -0.3 is 11.1 Å². The van der Waals surface area contributed by atoms with Crippen molar-refractivity contribution >= 4 is 5.91 Å². The van der Waals surface area contributed by atoms with E-state index in [0.29, 0.717) is 18.9 Å². The van der Waals surface area contributed by atoms with Crippen molar-refractivity contribution < 1.29 is 4.79 Å². The molecule has 0 radical (unpaired) electrons. The summed E-state index contributed by atoms with van der Waals surface area (Å²) in [5.41, 5.74) is 7.82. The second kappa shape index (κ2) is 7.44. The number of hydrogen-bond acceptors (Lipinski definition) is 2. The lowest BCUT2D eigenvalue weighted by Crippen LogP contribution is -2.39. The Morgan fingerprint density at radius 1 is 1.25 bits per heavy atom. The van der Waals surface area contributed by atoms with Gasteiger partial charge in [-0.3, -0.25) is 4.79 Å². The van der Waals surface area contributed by atoms with Crippen molar-refractivity contribution in [2.75, 3.05) is 0 Å². The standard InChI is InChI=1S/C17H26N2O/c1-13(14-7-3-2-4-8-14)19-17(20)11-15-9-5-6-10-16(15)12-18/h5-6,9-10,13-14H,2-4,7-8,11-12,18H2,1H3,(H,19,20). The first kappa shape index (κ1) is 15.0. The highest BCUT2D eigenvalue weighted by Gasteiger charge is 2.21. The molecule has 1 saturated carbocycles. The average Bonchev–Trinajstić information content (AvgIpc) is 2.48. The fourth-order valence-corrected chi connectivity index (χ4v) is 3.16. The molecular formula is C17H26N2O. The molecule has 1 aromatic carbocycles. The van der Waals surface area contributed by atoms with Crippen LogP contribution in [-0.2, 0) is 17.8 Å². The van der Waals surface area contributed by atoms with Gasteiger partial charge in [0, 0.05) is 12.6 Å². The van der Waals surface area contributed by atoms with Crippen LogP contribution >= 0.6 is 0 Å². The van der Waals surface area contributed by atoms with Crippen LogP contribution in [0, 0.1) is 5.92 Å². The summed E-state index contributed by atoms with van der Waals surface area (Å²) in [7, 11) is 0. The Morgan fingerprint density at radius 2 is 1.90 bits per heavy atom. The first-order valence-electron chi connectivity index (χ1n) is 7.77. The number of carbonyl (C=O) groups is 1. The van der Waals surface area contributed by atoms with Crippen molar-refractivity contribution in [1.82, 2.24) is 5.32 Å². The molecule has 3 nitrogen and oxygen atoms in total. The minimum absolute atomic E-state index is 0.115. The third kappa shape index (κ3) is 4.07. The van der Waals surface area contributed by atoms with Crippen LogP contribution in [0.15, 0.2) is 24.3 Å². The Hall–Kier alpha value is -1.35. The topological polar surface area (TPSA) is 55.1 Å². The van der Waals surface area contributed by atoms with E-state index in [4.69, 9.17) is 5.73 Å². The van der Waals surface area contributed by atoms with Crippen molar-refractivity contribution in [2.24, 2.45) is 11.7 Å². The molecule has 0 spiro atoms. The van der Waals surface area contributed by atoms with Gasteiger partial charge >= 0.3 is 0 Å². The highest BCUT2D eigenvalue weighted by molar-refractivity contribution is 5.79. The highest BCUT2D eigenvalue weighted by Crippen LogP contribution is 2.26. The van der Waals surface area contributed by atoms with Gasteiger partial charge in [0.25, 0.3) is 0 Å². The third-order valence-corrected chi connectivity index (χ3v) is 4.43. The summed E-state index contributed by atoms with van der Waals surface area (Å²) in [6, 6.07) is 8.20. The summed E-state index contributed by atoms with van der Waals surface area (Å²) in [6.45, 7) is 2.63. The Morgan fingerprint density at radius 3 is 2.55 bits per heavy atom. The van der Waals surface area contributed by atoms with Crippen molar-refractivity contribution in [3.63, 3.8) is 0 Å². The van der Waals surface area contributed by atoms with Gasteiger partial charge in [0.2, 0.25) is 5.91 Å². The van der Waals surface area contributed by atoms with Crippen LogP contribution in [0.1, 0.15) is 50.2 Å². The van der Waals surface area contributed by atoms with Crippen LogP contribution < -0.4 is 11.1 Å². The predicted molar refractivity (Wildman–Crippen MR) is 82.2 cm³/mol. The highest BCUT2D eigenvalue weighted by atomic mass is 16.1. The number of hydrogen-bond donors (Lipinski definition) is 2. The molecule has 2 rings (SSSR count). The van der Waals surface area contributed by atoms with E-state index in [0.717, 1.165) is 11.1 Å². The maximum atomic E-state index is 12.2. The van der Waals surface area contributed by atoms with E-state index >= 15 is 0 Å². The van der Waals surface area contributed by atoms with Gasteiger partial charge in [0.05, 0.1) is 6.42 Å². The second-order valence-electron chi connectivity index (χ2n) is 5.90. The molecule has 3 N–H and O–H groups in total. The van der Waals surface area contributed by atoms with Crippen LogP contribution in [0.25, 0.3) is 0 Å². The first-order valence-corrected chi connectivity index (χ1v) is 7.77.